The maximum Gasteiger partial charge on any atom is 0.289 e. The highest BCUT2D eigenvalue weighted by Gasteiger charge is 2.31. The number of aromatic nitrogens is 2. The third kappa shape index (κ3) is 4.50. The Bertz CT molecular complexity index is 1230. The SMILES string of the molecule is CN1CCN(S(=O)(=O)c2ccc(-c3noc([C@@H]4CCCN(C(=O)c5ccco5)C4)n3)cc2)CC1. The molecular weight excluding hydrogens is 458 g/mol. The molecule has 0 bridgehead atoms. The number of hydrogen-bond acceptors (Lipinski definition) is 8. The van der Waals surface area contributed by atoms with Crippen LogP contribution in [0.25, 0.3) is 11.4 Å². The Balaban J connectivity index is 1.28. The predicted octanol–water partition coefficient (Wildman–Crippen LogP) is 2.29. The van der Waals surface area contributed by atoms with Gasteiger partial charge in [0.25, 0.3) is 5.91 Å². The smallest absolute Gasteiger partial charge is 0.289 e. The van der Waals surface area contributed by atoms with Crippen molar-refractivity contribution in [1.29, 1.82) is 0 Å². The van der Waals surface area contributed by atoms with Gasteiger partial charge in [-0.05, 0) is 56.3 Å². The first-order valence-electron chi connectivity index (χ1n) is 11.4. The van der Waals surface area contributed by atoms with Gasteiger partial charge in [-0.25, -0.2) is 8.42 Å². The maximum absolute atomic E-state index is 12.9. The maximum atomic E-state index is 12.9. The number of rotatable bonds is 5. The number of hydrogen-bond donors (Lipinski definition) is 0. The monoisotopic (exact) mass is 485 g/mol. The molecule has 2 aliphatic rings. The minimum atomic E-state index is -3.53. The highest BCUT2D eigenvalue weighted by atomic mass is 32.2. The Labute approximate surface area is 198 Å². The average Bonchev–Trinajstić information content (AvgIpc) is 3.57. The zero-order valence-corrected chi connectivity index (χ0v) is 19.8. The van der Waals surface area contributed by atoms with E-state index in [-0.39, 0.29) is 16.7 Å². The summed E-state index contributed by atoms with van der Waals surface area (Å²) in [6, 6.07) is 9.92. The van der Waals surface area contributed by atoms with E-state index in [2.05, 4.69) is 15.0 Å². The number of likely N-dealkylation sites (N-methyl/N-ethyl adjacent to an activating group) is 1. The van der Waals surface area contributed by atoms with Gasteiger partial charge in [0.15, 0.2) is 5.76 Å². The van der Waals surface area contributed by atoms with Gasteiger partial charge in [-0.1, -0.05) is 5.16 Å². The Hall–Kier alpha value is -3.02. The van der Waals surface area contributed by atoms with Crippen molar-refractivity contribution < 1.29 is 22.2 Å². The van der Waals surface area contributed by atoms with E-state index in [1.165, 1.54) is 10.6 Å². The molecule has 0 unspecified atom stereocenters. The number of piperazine rings is 1. The third-order valence-electron chi connectivity index (χ3n) is 6.44. The van der Waals surface area contributed by atoms with Crippen molar-refractivity contribution in [2.45, 2.75) is 23.7 Å². The number of amides is 1. The number of sulfonamides is 1. The number of carbonyl (C=O) groups excluding carboxylic acids is 1. The summed E-state index contributed by atoms with van der Waals surface area (Å²) in [5, 5.41) is 4.10. The number of likely N-dealkylation sites (tertiary alicyclic amines) is 1. The van der Waals surface area contributed by atoms with Crippen LogP contribution in [0, 0.1) is 0 Å². The number of benzene rings is 1. The van der Waals surface area contributed by atoms with Crippen molar-refractivity contribution in [3.8, 4) is 11.4 Å². The molecule has 2 aliphatic heterocycles. The van der Waals surface area contributed by atoms with Crippen LogP contribution >= 0.6 is 0 Å². The van der Waals surface area contributed by atoms with Crippen LogP contribution in [0.2, 0.25) is 0 Å². The van der Waals surface area contributed by atoms with Crippen molar-refractivity contribution in [3.05, 3.63) is 54.3 Å². The fourth-order valence-corrected chi connectivity index (χ4v) is 5.81. The van der Waals surface area contributed by atoms with E-state index >= 15 is 0 Å². The fraction of sp³-hybridized carbons (Fsp3) is 0.435. The first kappa shape index (κ1) is 22.8. The summed E-state index contributed by atoms with van der Waals surface area (Å²) in [6.07, 6.45) is 3.15. The molecule has 2 saturated heterocycles. The average molecular weight is 486 g/mol. The number of piperidine rings is 1. The minimum absolute atomic E-state index is 0.0641. The summed E-state index contributed by atoms with van der Waals surface area (Å²) < 4.78 is 38.2. The van der Waals surface area contributed by atoms with Crippen LogP contribution in [0.5, 0.6) is 0 Å². The molecule has 180 valence electrons. The second-order valence-electron chi connectivity index (χ2n) is 8.76. The zero-order chi connectivity index (χ0) is 23.7. The van der Waals surface area contributed by atoms with Crippen LogP contribution in [0.15, 0.2) is 56.5 Å². The Morgan fingerprint density at radius 2 is 1.82 bits per heavy atom. The van der Waals surface area contributed by atoms with E-state index in [0.29, 0.717) is 62.3 Å². The molecule has 2 aromatic heterocycles. The van der Waals surface area contributed by atoms with Gasteiger partial charge in [0.2, 0.25) is 21.7 Å². The van der Waals surface area contributed by atoms with Gasteiger partial charge in [0, 0.05) is 44.8 Å². The van der Waals surface area contributed by atoms with Crippen LogP contribution < -0.4 is 0 Å². The molecule has 10 nitrogen and oxygen atoms in total. The molecule has 11 heteroatoms. The van der Waals surface area contributed by atoms with Crippen LogP contribution in [-0.2, 0) is 10.0 Å². The van der Waals surface area contributed by atoms with Crippen LogP contribution in [-0.4, -0.2) is 84.9 Å². The van der Waals surface area contributed by atoms with Crippen molar-refractivity contribution in [1.82, 2.24) is 24.2 Å². The van der Waals surface area contributed by atoms with Gasteiger partial charge >= 0.3 is 0 Å². The standard InChI is InChI=1S/C23H27N5O5S/c1-26-11-13-28(14-12-26)34(30,31)19-8-6-17(7-9-19)21-24-22(33-25-21)18-4-2-10-27(16-18)23(29)20-5-3-15-32-20/h3,5-9,15,18H,2,4,10-14,16H2,1H3/t18-/m1/s1. The number of nitrogens with zero attached hydrogens (tertiary/aromatic N) is 5. The second kappa shape index (κ2) is 9.32. The molecule has 34 heavy (non-hydrogen) atoms. The summed E-state index contributed by atoms with van der Waals surface area (Å²) in [4.78, 5) is 21.3. The molecule has 1 amide bonds. The van der Waals surface area contributed by atoms with E-state index in [4.69, 9.17) is 8.94 Å². The minimum Gasteiger partial charge on any atom is -0.459 e. The van der Waals surface area contributed by atoms with E-state index in [1.807, 2.05) is 7.05 Å². The Kier molecular flexibility index (Phi) is 6.24. The van der Waals surface area contributed by atoms with E-state index in [9.17, 15) is 13.2 Å². The first-order chi connectivity index (χ1) is 16.4. The molecule has 4 heterocycles. The van der Waals surface area contributed by atoms with Gasteiger partial charge in [-0.15, -0.1) is 0 Å². The lowest BCUT2D eigenvalue weighted by atomic mass is 9.97. The highest BCUT2D eigenvalue weighted by Crippen LogP contribution is 2.29. The lowest BCUT2D eigenvalue weighted by Gasteiger charge is -2.31. The summed E-state index contributed by atoms with van der Waals surface area (Å²) >= 11 is 0. The number of carbonyl (C=O) groups is 1. The van der Waals surface area contributed by atoms with E-state index in [1.54, 1.807) is 41.3 Å². The van der Waals surface area contributed by atoms with Crippen molar-refractivity contribution in [2.24, 2.45) is 0 Å². The molecule has 1 aromatic carbocycles. The van der Waals surface area contributed by atoms with Crippen LogP contribution in [0.3, 0.4) is 0 Å². The quantitative estimate of drug-likeness (QED) is 0.541. The second-order valence-corrected chi connectivity index (χ2v) is 10.7. The summed E-state index contributed by atoms with van der Waals surface area (Å²) in [6.45, 7) is 3.53. The summed E-state index contributed by atoms with van der Waals surface area (Å²) in [5.41, 5.74) is 0.673. The van der Waals surface area contributed by atoms with Crippen LogP contribution in [0.1, 0.15) is 35.2 Å². The molecule has 3 aromatic rings. The zero-order valence-electron chi connectivity index (χ0n) is 19.0. The van der Waals surface area contributed by atoms with Gasteiger partial charge in [0.1, 0.15) is 0 Å². The van der Waals surface area contributed by atoms with Gasteiger partial charge in [0.05, 0.1) is 17.1 Å². The Morgan fingerprint density at radius 3 is 2.53 bits per heavy atom. The lowest BCUT2D eigenvalue weighted by Crippen LogP contribution is -2.46. The van der Waals surface area contributed by atoms with Gasteiger partial charge in [-0.3, -0.25) is 4.79 Å². The van der Waals surface area contributed by atoms with Crippen molar-refractivity contribution in [2.75, 3.05) is 46.3 Å². The summed E-state index contributed by atoms with van der Waals surface area (Å²) in [7, 11) is -1.55. The lowest BCUT2D eigenvalue weighted by molar-refractivity contribution is 0.0663. The molecule has 0 spiro atoms. The normalized spacial score (nSPS) is 20.5. The third-order valence-corrected chi connectivity index (χ3v) is 8.36. The fourth-order valence-electron chi connectivity index (χ4n) is 4.39. The summed E-state index contributed by atoms with van der Waals surface area (Å²) in [5.74, 6) is 0.977. The van der Waals surface area contributed by atoms with E-state index in [0.717, 1.165) is 12.8 Å². The van der Waals surface area contributed by atoms with Gasteiger partial charge in [-0.2, -0.15) is 9.29 Å². The van der Waals surface area contributed by atoms with Gasteiger partial charge < -0.3 is 18.7 Å². The Morgan fingerprint density at radius 1 is 1.06 bits per heavy atom. The first-order valence-corrected chi connectivity index (χ1v) is 12.8. The number of furan rings is 1. The molecule has 5 rings (SSSR count). The molecule has 1 atom stereocenters. The predicted molar refractivity (Wildman–Crippen MR) is 123 cm³/mol. The molecule has 0 radical (unpaired) electrons. The highest BCUT2D eigenvalue weighted by molar-refractivity contribution is 7.89. The topological polar surface area (TPSA) is 113 Å². The van der Waals surface area contributed by atoms with Crippen molar-refractivity contribution in [3.63, 3.8) is 0 Å². The van der Waals surface area contributed by atoms with E-state index < -0.39 is 10.0 Å². The molecular formula is C23H27N5O5S. The molecule has 0 aliphatic carbocycles. The van der Waals surface area contributed by atoms with Crippen molar-refractivity contribution >= 4 is 15.9 Å². The molecule has 0 saturated carbocycles. The molecule has 2 fully saturated rings. The molecule has 0 N–H and O–H groups in total. The van der Waals surface area contributed by atoms with Crippen LogP contribution in [0.4, 0.5) is 0 Å². The largest absolute Gasteiger partial charge is 0.459 e.